The molecule has 0 spiro atoms. The maximum atomic E-state index is 11.0. The van der Waals surface area contributed by atoms with E-state index in [-0.39, 0.29) is 5.92 Å². The summed E-state index contributed by atoms with van der Waals surface area (Å²) in [5.74, 6) is 1.16. The van der Waals surface area contributed by atoms with Gasteiger partial charge in [0, 0.05) is 31.7 Å². The third kappa shape index (κ3) is 3.15. The molecule has 1 unspecified atom stereocenters. The summed E-state index contributed by atoms with van der Waals surface area (Å²) in [5, 5.41) is 9.07. The van der Waals surface area contributed by atoms with Gasteiger partial charge in [-0.05, 0) is 26.2 Å². The number of nitrogens with zero attached hydrogens (tertiary/aromatic N) is 3. The Bertz CT molecular complexity index is 521. The molecule has 0 saturated carbocycles. The van der Waals surface area contributed by atoms with Gasteiger partial charge in [0.15, 0.2) is 0 Å². The molecule has 3 rings (SSSR count). The van der Waals surface area contributed by atoms with Crippen molar-refractivity contribution in [2.75, 3.05) is 31.2 Å². The van der Waals surface area contributed by atoms with E-state index in [0.29, 0.717) is 18.8 Å². The van der Waals surface area contributed by atoms with Crippen LogP contribution in [0.25, 0.3) is 0 Å². The Kier molecular flexibility index (Phi) is 4.05. The molecule has 3 heterocycles. The van der Waals surface area contributed by atoms with Crippen molar-refractivity contribution in [3.63, 3.8) is 0 Å². The van der Waals surface area contributed by atoms with Crippen LogP contribution in [0.15, 0.2) is 6.07 Å². The first-order chi connectivity index (χ1) is 10.1. The van der Waals surface area contributed by atoms with Crippen LogP contribution in [-0.4, -0.2) is 47.3 Å². The number of aryl methyl sites for hydroxylation is 1. The second kappa shape index (κ2) is 5.97. The van der Waals surface area contributed by atoms with Crippen molar-refractivity contribution in [2.45, 2.75) is 32.1 Å². The van der Waals surface area contributed by atoms with Crippen molar-refractivity contribution in [3.8, 4) is 0 Å². The molecule has 2 aliphatic rings. The van der Waals surface area contributed by atoms with Crippen molar-refractivity contribution in [1.82, 2.24) is 9.97 Å². The highest BCUT2D eigenvalue weighted by molar-refractivity contribution is 5.70. The van der Waals surface area contributed by atoms with Crippen molar-refractivity contribution in [1.29, 1.82) is 0 Å². The van der Waals surface area contributed by atoms with Gasteiger partial charge in [0.25, 0.3) is 0 Å². The number of piperidine rings is 1. The Morgan fingerprint density at radius 3 is 2.71 bits per heavy atom. The van der Waals surface area contributed by atoms with E-state index >= 15 is 0 Å². The molecule has 1 atom stereocenters. The fourth-order valence-electron chi connectivity index (χ4n) is 3.07. The Balaban J connectivity index is 1.74. The highest BCUT2D eigenvalue weighted by Gasteiger charge is 2.26. The first-order valence-corrected chi connectivity index (χ1v) is 7.54. The smallest absolute Gasteiger partial charge is 0.306 e. The molecule has 0 radical (unpaired) electrons. The zero-order valence-corrected chi connectivity index (χ0v) is 12.3. The second-order valence-electron chi connectivity index (χ2n) is 5.86. The molecular formula is C15H21N3O3. The fourth-order valence-corrected chi connectivity index (χ4v) is 3.07. The lowest BCUT2D eigenvalue weighted by molar-refractivity contribution is -0.142. The molecular weight excluding hydrogens is 270 g/mol. The molecule has 0 aliphatic carbocycles. The van der Waals surface area contributed by atoms with Gasteiger partial charge in [-0.3, -0.25) is 4.79 Å². The van der Waals surface area contributed by atoms with Crippen LogP contribution in [0.3, 0.4) is 0 Å². The summed E-state index contributed by atoms with van der Waals surface area (Å²) in [5.41, 5.74) is 1.05. The average Bonchev–Trinajstić information content (AvgIpc) is 3.01. The number of carboxylic acids is 1. The van der Waals surface area contributed by atoms with Gasteiger partial charge in [0.2, 0.25) is 0 Å². The number of hydrogen-bond acceptors (Lipinski definition) is 5. The molecule has 6 heteroatoms. The number of carboxylic acid groups (broad SMARTS) is 1. The van der Waals surface area contributed by atoms with Crippen molar-refractivity contribution in [3.05, 3.63) is 17.6 Å². The topological polar surface area (TPSA) is 75.5 Å². The van der Waals surface area contributed by atoms with Crippen LogP contribution >= 0.6 is 0 Å². The van der Waals surface area contributed by atoms with Gasteiger partial charge in [0.1, 0.15) is 11.6 Å². The number of hydrogen-bond donors (Lipinski definition) is 1. The van der Waals surface area contributed by atoms with E-state index in [1.807, 2.05) is 13.0 Å². The molecule has 1 aromatic heterocycles. The van der Waals surface area contributed by atoms with Gasteiger partial charge >= 0.3 is 5.97 Å². The van der Waals surface area contributed by atoms with Crippen LogP contribution in [0.1, 0.15) is 36.7 Å². The van der Waals surface area contributed by atoms with Gasteiger partial charge in [-0.1, -0.05) is 0 Å². The number of anilines is 1. The predicted octanol–water partition coefficient (Wildman–Crippen LogP) is 1.59. The van der Waals surface area contributed by atoms with E-state index in [1.165, 1.54) is 0 Å². The summed E-state index contributed by atoms with van der Waals surface area (Å²) >= 11 is 0. The van der Waals surface area contributed by atoms with Crippen LogP contribution in [0, 0.1) is 12.8 Å². The first kappa shape index (κ1) is 14.3. The molecule has 2 fully saturated rings. The van der Waals surface area contributed by atoms with Crippen LogP contribution in [0.4, 0.5) is 5.82 Å². The van der Waals surface area contributed by atoms with E-state index in [0.717, 1.165) is 50.1 Å². The minimum atomic E-state index is -0.683. The van der Waals surface area contributed by atoms with Gasteiger partial charge in [0.05, 0.1) is 18.2 Å². The maximum absolute atomic E-state index is 11.0. The van der Waals surface area contributed by atoms with E-state index in [2.05, 4.69) is 14.9 Å². The van der Waals surface area contributed by atoms with E-state index in [1.54, 1.807) is 0 Å². The fraction of sp³-hybridized carbons (Fsp3) is 0.667. The van der Waals surface area contributed by atoms with E-state index in [9.17, 15) is 4.79 Å². The van der Waals surface area contributed by atoms with Gasteiger partial charge in [-0.2, -0.15) is 0 Å². The highest BCUT2D eigenvalue weighted by Crippen LogP contribution is 2.28. The van der Waals surface area contributed by atoms with E-state index < -0.39 is 5.97 Å². The van der Waals surface area contributed by atoms with Crippen molar-refractivity contribution in [2.24, 2.45) is 5.92 Å². The lowest BCUT2D eigenvalue weighted by Gasteiger charge is -2.31. The second-order valence-corrected chi connectivity index (χ2v) is 5.86. The third-order valence-electron chi connectivity index (χ3n) is 4.36. The normalized spacial score (nSPS) is 23.5. The zero-order valence-electron chi connectivity index (χ0n) is 12.3. The number of ether oxygens (including phenoxy) is 1. The largest absolute Gasteiger partial charge is 0.481 e. The number of carbonyl (C=O) groups is 1. The van der Waals surface area contributed by atoms with Crippen molar-refractivity contribution >= 4 is 11.8 Å². The van der Waals surface area contributed by atoms with Crippen LogP contribution < -0.4 is 4.90 Å². The standard InChI is InChI=1S/C15H21N3O3/c1-10-16-13(12-4-7-21-9-12)8-14(17-10)18-5-2-11(3-6-18)15(19)20/h8,11-12H,2-7,9H2,1H3,(H,19,20). The first-order valence-electron chi connectivity index (χ1n) is 7.54. The molecule has 0 aromatic carbocycles. The molecule has 1 aromatic rings. The summed E-state index contributed by atoms with van der Waals surface area (Å²) in [6.45, 7) is 4.93. The quantitative estimate of drug-likeness (QED) is 0.911. The monoisotopic (exact) mass is 291 g/mol. The Morgan fingerprint density at radius 1 is 1.33 bits per heavy atom. The third-order valence-corrected chi connectivity index (χ3v) is 4.36. The lowest BCUT2D eigenvalue weighted by Crippen LogP contribution is -2.37. The molecule has 1 N–H and O–H groups in total. The predicted molar refractivity (Wildman–Crippen MR) is 77.5 cm³/mol. The number of aliphatic carboxylic acids is 1. The zero-order chi connectivity index (χ0) is 14.8. The Hall–Kier alpha value is -1.69. The molecule has 6 nitrogen and oxygen atoms in total. The highest BCUT2D eigenvalue weighted by atomic mass is 16.5. The summed E-state index contributed by atoms with van der Waals surface area (Å²) in [4.78, 5) is 22.3. The SMILES string of the molecule is Cc1nc(C2CCOC2)cc(N2CCC(C(=O)O)CC2)n1. The van der Waals surface area contributed by atoms with Gasteiger partial charge in [-0.15, -0.1) is 0 Å². The molecule has 0 bridgehead atoms. The number of rotatable bonds is 3. The Labute approximate surface area is 124 Å². The molecule has 114 valence electrons. The van der Waals surface area contributed by atoms with Crippen LogP contribution in [0.5, 0.6) is 0 Å². The average molecular weight is 291 g/mol. The minimum absolute atomic E-state index is 0.216. The summed E-state index contributed by atoms with van der Waals surface area (Å²) in [6.07, 6.45) is 2.37. The van der Waals surface area contributed by atoms with Crippen LogP contribution in [0.2, 0.25) is 0 Å². The van der Waals surface area contributed by atoms with Crippen LogP contribution in [-0.2, 0) is 9.53 Å². The summed E-state index contributed by atoms with van der Waals surface area (Å²) < 4.78 is 5.44. The lowest BCUT2D eigenvalue weighted by atomic mass is 9.97. The van der Waals surface area contributed by atoms with E-state index in [4.69, 9.17) is 9.84 Å². The van der Waals surface area contributed by atoms with Gasteiger partial charge in [-0.25, -0.2) is 9.97 Å². The minimum Gasteiger partial charge on any atom is -0.481 e. The summed E-state index contributed by atoms with van der Waals surface area (Å²) in [6, 6.07) is 2.05. The van der Waals surface area contributed by atoms with Crippen molar-refractivity contribution < 1.29 is 14.6 Å². The van der Waals surface area contributed by atoms with Gasteiger partial charge < -0.3 is 14.7 Å². The molecule has 21 heavy (non-hydrogen) atoms. The molecule has 0 amide bonds. The molecule has 2 aliphatic heterocycles. The Morgan fingerprint density at radius 2 is 2.10 bits per heavy atom. The summed E-state index contributed by atoms with van der Waals surface area (Å²) in [7, 11) is 0. The maximum Gasteiger partial charge on any atom is 0.306 e. The number of aromatic nitrogens is 2. The molecule has 2 saturated heterocycles.